The van der Waals surface area contributed by atoms with Gasteiger partial charge in [-0.3, -0.25) is 4.90 Å². The minimum Gasteiger partial charge on any atom is -0.349 e. The summed E-state index contributed by atoms with van der Waals surface area (Å²) in [5.41, 5.74) is -0.810. The first-order valence-electron chi connectivity index (χ1n) is 7.75. The average molecular weight is 346 g/mol. The van der Waals surface area contributed by atoms with E-state index in [2.05, 4.69) is 40.5 Å². The molecule has 1 atom stereocenters. The molecule has 0 aliphatic carbocycles. The zero-order valence-electron chi connectivity index (χ0n) is 13.5. The van der Waals surface area contributed by atoms with Crippen molar-refractivity contribution in [2.45, 2.75) is 50.0 Å². The summed E-state index contributed by atoms with van der Waals surface area (Å²) in [5.74, 6) is 1.38. The van der Waals surface area contributed by atoms with Gasteiger partial charge >= 0.3 is 6.18 Å². The van der Waals surface area contributed by atoms with Gasteiger partial charge in [0.1, 0.15) is 5.03 Å². The monoisotopic (exact) mass is 346 g/mol. The fraction of sp³-hybridized carbons (Fsp3) is 0.733. The van der Waals surface area contributed by atoms with Crippen LogP contribution in [0.5, 0.6) is 0 Å². The van der Waals surface area contributed by atoms with Gasteiger partial charge in [-0.05, 0) is 27.2 Å². The molecule has 0 aromatic carbocycles. The van der Waals surface area contributed by atoms with Crippen molar-refractivity contribution in [3.8, 4) is 0 Å². The Morgan fingerprint density at radius 1 is 1.22 bits per heavy atom. The minimum atomic E-state index is -4.45. The van der Waals surface area contributed by atoms with Gasteiger partial charge in [-0.15, -0.1) is 11.8 Å². The molecule has 0 N–H and O–H groups in total. The molecule has 0 bridgehead atoms. The Balaban J connectivity index is 1.88. The quantitative estimate of drug-likeness (QED) is 0.720. The number of aromatic nitrogens is 2. The second-order valence-corrected chi connectivity index (χ2v) is 8.07. The van der Waals surface area contributed by atoms with E-state index in [1.165, 1.54) is 11.8 Å². The first-order chi connectivity index (χ1) is 10.7. The van der Waals surface area contributed by atoms with Gasteiger partial charge in [0.2, 0.25) is 0 Å². The Morgan fingerprint density at radius 3 is 2.61 bits per heavy atom. The topological polar surface area (TPSA) is 32.3 Å². The highest BCUT2D eigenvalue weighted by atomic mass is 32.2. The lowest BCUT2D eigenvalue weighted by Crippen LogP contribution is -2.58. The van der Waals surface area contributed by atoms with Crippen LogP contribution in [-0.4, -0.2) is 51.8 Å². The van der Waals surface area contributed by atoms with Crippen LogP contribution in [0.15, 0.2) is 11.2 Å². The van der Waals surface area contributed by atoms with Crippen molar-refractivity contribution in [3.63, 3.8) is 0 Å². The molecule has 1 aromatic heterocycles. The van der Waals surface area contributed by atoms with Gasteiger partial charge in [0.25, 0.3) is 0 Å². The van der Waals surface area contributed by atoms with Gasteiger partial charge in [-0.2, -0.15) is 13.2 Å². The van der Waals surface area contributed by atoms with Gasteiger partial charge in [0, 0.05) is 37.0 Å². The van der Waals surface area contributed by atoms with E-state index in [4.69, 9.17) is 0 Å². The molecule has 2 aliphatic heterocycles. The summed E-state index contributed by atoms with van der Waals surface area (Å²) in [6.45, 7) is 9.14. The molecule has 0 saturated carbocycles. The number of fused-ring (bicyclic) bond motifs is 3. The molecule has 0 unspecified atom stereocenters. The van der Waals surface area contributed by atoms with E-state index >= 15 is 0 Å². The second kappa shape index (κ2) is 5.81. The normalized spacial score (nSPS) is 23.2. The summed E-state index contributed by atoms with van der Waals surface area (Å²) < 4.78 is 38.5. The largest absolute Gasteiger partial charge is 0.434 e. The van der Waals surface area contributed by atoms with Crippen LogP contribution in [-0.2, 0) is 6.18 Å². The summed E-state index contributed by atoms with van der Waals surface area (Å²) >= 11 is 1.38. The molecule has 3 rings (SSSR count). The molecule has 2 aliphatic rings. The zero-order chi connectivity index (χ0) is 16.8. The van der Waals surface area contributed by atoms with Crippen LogP contribution in [0.2, 0.25) is 0 Å². The van der Waals surface area contributed by atoms with Crippen LogP contribution in [0, 0.1) is 0 Å². The highest BCUT2D eigenvalue weighted by Crippen LogP contribution is 2.37. The van der Waals surface area contributed by atoms with E-state index < -0.39 is 11.9 Å². The van der Waals surface area contributed by atoms with Gasteiger partial charge < -0.3 is 4.90 Å². The van der Waals surface area contributed by atoms with E-state index in [9.17, 15) is 13.2 Å². The van der Waals surface area contributed by atoms with Gasteiger partial charge in [0.15, 0.2) is 11.5 Å². The smallest absolute Gasteiger partial charge is 0.349 e. The van der Waals surface area contributed by atoms with Crippen LogP contribution in [0.4, 0.5) is 19.0 Å². The van der Waals surface area contributed by atoms with Crippen molar-refractivity contribution in [2.75, 3.05) is 30.3 Å². The van der Waals surface area contributed by atoms with Crippen LogP contribution in [0.25, 0.3) is 0 Å². The Labute approximate surface area is 138 Å². The number of rotatable bonds is 0. The summed E-state index contributed by atoms with van der Waals surface area (Å²) in [6.07, 6.45) is -2.66. The van der Waals surface area contributed by atoms with Gasteiger partial charge in [-0.25, -0.2) is 9.97 Å². The fourth-order valence-electron chi connectivity index (χ4n) is 3.08. The van der Waals surface area contributed by atoms with Crippen molar-refractivity contribution < 1.29 is 13.2 Å². The number of piperazine rings is 1. The number of halogens is 3. The van der Waals surface area contributed by atoms with E-state index in [1.807, 2.05) is 0 Å². The molecular weight excluding hydrogens is 325 g/mol. The van der Waals surface area contributed by atoms with Crippen LogP contribution >= 0.6 is 11.8 Å². The SMILES string of the molecule is CC(C)(C)N1CCN2c3ncc(C(F)(F)F)nc3SCC[C@H]2C1. The van der Waals surface area contributed by atoms with Crippen molar-refractivity contribution >= 4 is 17.6 Å². The number of alkyl halides is 3. The molecule has 0 radical (unpaired) electrons. The third kappa shape index (κ3) is 3.42. The lowest BCUT2D eigenvalue weighted by molar-refractivity contribution is -0.141. The zero-order valence-corrected chi connectivity index (χ0v) is 14.3. The standard InChI is InChI=1S/C15H21F3N4S/c1-14(2,3)21-5-6-22-10(9-21)4-7-23-13-12(22)19-8-11(20-13)15(16,17)18/h8,10H,4-7,9H2,1-3H3/t10-/m0/s1. The molecule has 3 heterocycles. The van der Waals surface area contributed by atoms with E-state index in [1.54, 1.807) is 0 Å². The van der Waals surface area contributed by atoms with Crippen molar-refractivity contribution in [3.05, 3.63) is 11.9 Å². The van der Waals surface area contributed by atoms with E-state index in [0.29, 0.717) is 10.8 Å². The number of nitrogens with zero attached hydrogens (tertiary/aromatic N) is 4. The Bertz CT molecular complexity index is 585. The summed E-state index contributed by atoms with van der Waals surface area (Å²) in [7, 11) is 0. The Hall–Kier alpha value is -1.02. The minimum absolute atomic E-state index is 0.0974. The first kappa shape index (κ1) is 16.8. The molecular formula is C15H21F3N4S. The first-order valence-corrected chi connectivity index (χ1v) is 8.73. The molecule has 0 amide bonds. The predicted molar refractivity (Wildman–Crippen MR) is 84.8 cm³/mol. The lowest BCUT2D eigenvalue weighted by Gasteiger charge is -2.46. The summed E-state index contributed by atoms with van der Waals surface area (Å²) in [5, 5.41) is 0.409. The highest BCUT2D eigenvalue weighted by molar-refractivity contribution is 7.99. The van der Waals surface area contributed by atoms with Gasteiger partial charge in [0.05, 0.1) is 6.20 Å². The maximum Gasteiger partial charge on any atom is 0.434 e. The molecule has 1 fully saturated rings. The van der Waals surface area contributed by atoms with Crippen LogP contribution in [0.1, 0.15) is 32.9 Å². The summed E-state index contributed by atoms with van der Waals surface area (Å²) in [4.78, 5) is 12.5. The summed E-state index contributed by atoms with van der Waals surface area (Å²) in [6, 6.07) is 0.280. The van der Waals surface area contributed by atoms with Crippen molar-refractivity contribution in [1.82, 2.24) is 14.9 Å². The van der Waals surface area contributed by atoms with E-state index in [-0.39, 0.29) is 11.6 Å². The molecule has 8 heteroatoms. The number of hydrogen-bond acceptors (Lipinski definition) is 5. The van der Waals surface area contributed by atoms with Crippen molar-refractivity contribution in [2.24, 2.45) is 0 Å². The average Bonchev–Trinajstić information content (AvgIpc) is 2.63. The number of hydrogen-bond donors (Lipinski definition) is 0. The molecule has 128 valence electrons. The maximum atomic E-state index is 12.8. The number of thioether (sulfide) groups is 1. The molecule has 4 nitrogen and oxygen atoms in total. The Kier molecular flexibility index (Phi) is 4.25. The molecule has 23 heavy (non-hydrogen) atoms. The van der Waals surface area contributed by atoms with Crippen LogP contribution < -0.4 is 4.90 Å². The Morgan fingerprint density at radius 2 is 1.96 bits per heavy atom. The fourth-order valence-corrected chi connectivity index (χ4v) is 4.12. The van der Waals surface area contributed by atoms with E-state index in [0.717, 1.165) is 38.0 Å². The van der Waals surface area contributed by atoms with Crippen LogP contribution in [0.3, 0.4) is 0 Å². The maximum absolute atomic E-state index is 12.8. The highest BCUT2D eigenvalue weighted by Gasteiger charge is 2.38. The lowest BCUT2D eigenvalue weighted by atomic mass is 10.0. The molecule has 1 aromatic rings. The number of anilines is 1. The van der Waals surface area contributed by atoms with Crippen molar-refractivity contribution in [1.29, 1.82) is 0 Å². The van der Waals surface area contributed by atoms with Gasteiger partial charge in [-0.1, -0.05) is 0 Å². The third-order valence-electron chi connectivity index (χ3n) is 4.41. The molecule has 0 spiro atoms. The molecule has 1 saturated heterocycles. The third-order valence-corrected chi connectivity index (χ3v) is 5.39. The predicted octanol–water partition coefficient (Wildman–Crippen LogP) is 3.28. The second-order valence-electron chi connectivity index (χ2n) is 6.98.